The molecule has 0 bridgehead atoms. The Hall–Kier alpha value is -1.72. The summed E-state index contributed by atoms with van der Waals surface area (Å²) < 4.78 is 10.8. The lowest BCUT2D eigenvalue weighted by molar-refractivity contribution is 0.192. The van der Waals surface area contributed by atoms with Gasteiger partial charge in [-0.2, -0.15) is 4.98 Å². The Kier molecular flexibility index (Phi) is 3.80. The van der Waals surface area contributed by atoms with Crippen LogP contribution in [0.1, 0.15) is 23.7 Å². The zero-order valence-electron chi connectivity index (χ0n) is 11.9. The Balaban J connectivity index is 1.81. The first-order valence-electron chi connectivity index (χ1n) is 6.88. The van der Waals surface area contributed by atoms with Gasteiger partial charge in [-0.1, -0.05) is 17.3 Å². The summed E-state index contributed by atoms with van der Waals surface area (Å²) >= 11 is 0. The number of benzene rings is 1. The predicted octanol–water partition coefficient (Wildman–Crippen LogP) is 2.30. The molecule has 1 aromatic carbocycles. The second-order valence-corrected chi connectivity index (χ2v) is 5.46. The minimum Gasteiger partial charge on any atom is -0.381 e. The SMILES string of the molecule is CN(C)Cc1cccc(-c2nc(C3CCOC3)no2)c1. The van der Waals surface area contributed by atoms with Gasteiger partial charge in [0.15, 0.2) is 5.82 Å². The van der Waals surface area contributed by atoms with Gasteiger partial charge in [0.2, 0.25) is 0 Å². The van der Waals surface area contributed by atoms with Crippen LogP contribution in [0.3, 0.4) is 0 Å². The van der Waals surface area contributed by atoms with E-state index in [1.54, 1.807) is 0 Å². The predicted molar refractivity (Wildman–Crippen MR) is 75.3 cm³/mol. The van der Waals surface area contributed by atoms with Crippen LogP contribution in [0, 0.1) is 0 Å². The van der Waals surface area contributed by atoms with Gasteiger partial charge in [-0.05, 0) is 38.2 Å². The van der Waals surface area contributed by atoms with E-state index in [1.165, 1.54) is 5.56 Å². The largest absolute Gasteiger partial charge is 0.381 e. The maximum Gasteiger partial charge on any atom is 0.257 e. The monoisotopic (exact) mass is 273 g/mol. The third kappa shape index (κ3) is 2.89. The average molecular weight is 273 g/mol. The van der Waals surface area contributed by atoms with Gasteiger partial charge >= 0.3 is 0 Å². The van der Waals surface area contributed by atoms with Crippen molar-refractivity contribution in [3.8, 4) is 11.5 Å². The van der Waals surface area contributed by atoms with E-state index in [2.05, 4.69) is 41.3 Å². The Labute approximate surface area is 118 Å². The van der Waals surface area contributed by atoms with Gasteiger partial charge in [-0.25, -0.2) is 0 Å². The van der Waals surface area contributed by atoms with Gasteiger partial charge in [0, 0.05) is 24.6 Å². The fourth-order valence-electron chi connectivity index (χ4n) is 2.42. The zero-order chi connectivity index (χ0) is 13.9. The molecule has 5 heteroatoms. The molecule has 1 unspecified atom stereocenters. The van der Waals surface area contributed by atoms with E-state index < -0.39 is 0 Å². The lowest BCUT2D eigenvalue weighted by Gasteiger charge is -2.09. The number of ether oxygens (including phenoxy) is 1. The molecule has 1 fully saturated rings. The zero-order valence-corrected chi connectivity index (χ0v) is 11.9. The molecule has 0 radical (unpaired) electrons. The number of rotatable bonds is 4. The minimum absolute atomic E-state index is 0.275. The summed E-state index contributed by atoms with van der Waals surface area (Å²) in [5, 5.41) is 4.09. The van der Waals surface area contributed by atoms with E-state index in [9.17, 15) is 0 Å². The first-order chi connectivity index (χ1) is 9.72. The van der Waals surface area contributed by atoms with Crippen LogP contribution in [-0.2, 0) is 11.3 Å². The van der Waals surface area contributed by atoms with Crippen LogP contribution in [-0.4, -0.2) is 42.3 Å². The molecule has 5 nitrogen and oxygen atoms in total. The van der Waals surface area contributed by atoms with E-state index in [-0.39, 0.29) is 5.92 Å². The van der Waals surface area contributed by atoms with Gasteiger partial charge in [-0.15, -0.1) is 0 Å². The Morgan fingerprint density at radius 3 is 3.00 bits per heavy atom. The molecule has 1 atom stereocenters. The third-order valence-electron chi connectivity index (χ3n) is 3.41. The molecule has 0 N–H and O–H groups in total. The number of hydrogen-bond acceptors (Lipinski definition) is 5. The van der Waals surface area contributed by atoms with Crippen molar-refractivity contribution in [2.75, 3.05) is 27.3 Å². The molecule has 0 aliphatic carbocycles. The molecular weight excluding hydrogens is 254 g/mol. The molecule has 3 rings (SSSR count). The molecule has 2 heterocycles. The minimum atomic E-state index is 0.275. The van der Waals surface area contributed by atoms with Crippen LogP contribution < -0.4 is 0 Å². The highest BCUT2D eigenvalue weighted by molar-refractivity contribution is 5.54. The molecule has 1 aliphatic heterocycles. The topological polar surface area (TPSA) is 51.4 Å². The van der Waals surface area contributed by atoms with Gasteiger partial charge < -0.3 is 14.2 Å². The summed E-state index contributed by atoms with van der Waals surface area (Å²) in [5.74, 6) is 1.63. The molecule has 1 saturated heterocycles. The van der Waals surface area contributed by atoms with Crippen LogP contribution in [0.5, 0.6) is 0 Å². The fourth-order valence-corrected chi connectivity index (χ4v) is 2.42. The second-order valence-electron chi connectivity index (χ2n) is 5.46. The summed E-state index contributed by atoms with van der Waals surface area (Å²) in [4.78, 5) is 6.64. The lowest BCUT2D eigenvalue weighted by Crippen LogP contribution is -2.10. The maximum absolute atomic E-state index is 5.39. The first-order valence-corrected chi connectivity index (χ1v) is 6.88. The quantitative estimate of drug-likeness (QED) is 0.855. The van der Waals surface area contributed by atoms with Crippen molar-refractivity contribution in [3.63, 3.8) is 0 Å². The van der Waals surface area contributed by atoms with E-state index in [4.69, 9.17) is 9.26 Å². The highest BCUT2D eigenvalue weighted by Gasteiger charge is 2.23. The Morgan fingerprint density at radius 1 is 1.35 bits per heavy atom. The van der Waals surface area contributed by atoms with Crippen molar-refractivity contribution >= 4 is 0 Å². The van der Waals surface area contributed by atoms with Crippen LogP contribution >= 0.6 is 0 Å². The lowest BCUT2D eigenvalue weighted by atomic mass is 10.1. The standard InChI is InChI=1S/C15H19N3O2/c1-18(2)9-11-4-3-5-12(8-11)15-16-14(17-20-15)13-6-7-19-10-13/h3-5,8,13H,6-7,9-10H2,1-2H3. The van der Waals surface area contributed by atoms with Crippen LogP contribution in [0.15, 0.2) is 28.8 Å². The Morgan fingerprint density at radius 2 is 2.25 bits per heavy atom. The van der Waals surface area contributed by atoms with Gasteiger partial charge in [0.1, 0.15) is 0 Å². The van der Waals surface area contributed by atoms with Crippen molar-refractivity contribution in [2.45, 2.75) is 18.9 Å². The molecule has 0 amide bonds. The molecular formula is C15H19N3O2. The molecule has 2 aromatic rings. The smallest absolute Gasteiger partial charge is 0.257 e. The number of nitrogens with zero attached hydrogens (tertiary/aromatic N) is 3. The molecule has 0 spiro atoms. The van der Waals surface area contributed by atoms with Crippen molar-refractivity contribution < 1.29 is 9.26 Å². The molecule has 106 valence electrons. The molecule has 1 aromatic heterocycles. The average Bonchev–Trinajstić information content (AvgIpc) is 3.09. The van der Waals surface area contributed by atoms with E-state index in [0.717, 1.165) is 31.0 Å². The van der Waals surface area contributed by atoms with E-state index >= 15 is 0 Å². The van der Waals surface area contributed by atoms with E-state index in [1.807, 2.05) is 12.1 Å². The van der Waals surface area contributed by atoms with Crippen molar-refractivity contribution in [2.24, 2.45) is 0 Å². The van der Waals surface area contributed by atoms with Crippen molar-refractivity contribution in [1.82, 2.24) is 15.0 Å². The van der Waals surface area contributed by atoms with Gasteiger partial charge in [0.05, 0.1) is 6.61 Å². The van der Waals surface area contributed by atoms with Crippen molar-refractivity contribution in [3.05, 3.63) is 35.7 Å². The fraction of sp³-hybridized carbons (Fsp3) is 0.467. The summed E-state index contributed by atoms with van der Waals surface area (Å²) in [6.45, 7) is 2.37. The summed E-state index contributed by atoms with van der Waals surface area (Å²) in [6, 6.07) is 8.23. The van der Waals surface area contributed by atoms with Crippen LogP contribution in [0.4, 0.5) is 0 Å². The summed E-state index contributed by atoms with van der Waals surface area (Å²) in [5.41, 5.74) is 2.21. The second kappa shape index (κ2) is 5.73. The summed E-state index contributed by atoms with van der Waals surface area (Å²) in [7, 11) is 4.11. The van der Waals surface area contributed by atoms with Crippen LogP contribution in [0.25, 0.3) is 11.5 Å². The molecule has 1 aliphatic rings. The maximum atomic E-state index is 5.39. The Bertz CT molecular complexity index is 574. The van der Waals surface area contributed by atoms with Crippen molar-refractivity contribution in [1.29, 1.82) is 0 Å². The third-order valence-corrected chi connectivity index (χ3v) is 3.41. The number of aromatic nitrogens is 2. The van der Waals surface area contributed by atoms with Gasteiger partial charge in [-0.3, -0.25) is 0 Å². The van der Waals surface area contributed by atoms with Gasteiger partial charge in [0.25, 0.3) is 5.89 Å². The first kappa shape index (κ1) is 13.3. The number of hydrogen-bond donors (Lipinski definition) is 0. The van der Waals surface area contributed by atoms with E-state index in [0.29, 0.717) is 12.5 Å². The highest BCUT2D eigenvalue weighted by atomic mass is 16.5. The van der Waals surface area contributed by atoms with Crippen LogP contribution in [0.2, 0.25) is 0 Å². The molecule has 0 saturated carbocycles. The normalized spacial score (nSPS) is 18.9. The summed E-state index contributed by atoms with van der Waals surface area (Å²) in [6.07, 6.45) is 0.972. The highest BCUT2D eigenvalue weighted by Crippen LogP contribution is 2.26. The molecule has 20 heavy (non-hydrogen) atoms.